The fraction of sp³-hybridized carbons (Fsp3) is 0.235. The van der Waals surface area contributed by atoms with Gasteiger partial charge in [0.1, 0.15) is 11.0 Å². The smallest absolute Gasteiger partial charge is 0.133 e. The number of halogens is 1. The Kier molecular flexibility index (Phi) is 3.08. The second-order valence-corrected chi connectivity index (χ2v) is 5.87. The highest BCUT2D eigenvalue weighted by Crippen LogP contribution is 2.38. The summed E-state index contributed by atoms with van der Waals surface area (Å²) in [6, 6.07) is 14.1. The van der Waals surface area contributed by atoms with Crippen molar-refractivity contribution in [3.05, 3.63) is 64.8 Å². The molecular formula is C17H14ClN3. The molecular weight excluding hydrogens is 282 g/mol. The van der Waals surface area contributed by atoms with Gasteiger partial charge in [-0.15, -0.1) is 0 Å². The lowest BCUT2D eigenvalue weighted by atomic mass is 10.1. The van der Waals surface area contributed by atoms with Gasteiger partial charge in [-0.05, 0) is 31.0 Å². The summed E-state index contributed by atoms with van der Waals surface area (Å²) < 4.78 is 0. The zero-order chi connectivity index (χ0) is 14.2. The number of nitrogens with zero attached hydrogens (tertiary/aromatic N) is 3. The van der Waals surface area contributed by atoms with Gasteiger partial charge >= 0.3 is 0 Å². The minimum atomic E-state index is 0.506. The van der Waals surface area contributed by atoms with Gasteiger partial charge in [0.2, 0.25) is 0 Å². The van der Waals surface area contributed by atoms with Gasteiger partial charge in [-0.25, -0.2) is 9.97 Å². The first-order valence-electron chi connectivity index (χ1n) is 7.16. The fourth-order valence-electron chi connectivity index (χ4n) is 2.49. The van der Waals surface area contributed by atoms with E-state index in [0.29, 0.717) is 17.5 Å². The van der Waals surface area contributed by atoms with Crippen LogP contribution in [0, 0.1) is 0 Å². The van der Waals surface area contributed by atoms with Crippen molar-refractivity contribution in [2.24, 2.45) is 0 Å². The summed E-state index contributed by atoms with van der Waals surface area (Å²) in [5.41, 5.74) is 2.96. The van der Waals surface area contributed by atoms with Crippen molar-refractivity contribution in [3.63, 3.8) is 0 Å². The van der Waals surface area contributed by atoms with Gasteiger partial charge < -0.3 is 0 Å². The molecule has 0 bridgehead atoms. The van der Waals surface area contributed by atoms with Gasteiger partial charge in [-0.3, -0.25) is 4.98 Å². The minimum Gasteiger partial charge on any atom is -0.252 e. The lowest BCUT2D eigenvalue weighted by molar-refractivity contribution is 0.881. The molecule has 104 valence electrons. The average Bonchev–Trinajstić information content (AvgIpc) is 3.31. The lowest BCUT2D eigenvalue weighted by Crippen LogP contribution is -2.01. The van der Waals surface area contributed by atoms with Crippen LogP contribution >= 0.6 is 11.6 Å². The van der Waals surface area contributed by atoms with E-state index < -0.39 is 0 Å². The Hall–Kier alpha value is -2.00. The Labute approximate surface area is 128 Å². The highest BCUT2D eigenvalue weighted by atomic mass is 35.5. The molecule has 3 aromatic rings. The van der Waals surface area contributed by atoms with Crippen molar-refractivity contribution >= 4 is 22.5 Å². The second-order valence-electron chi connectivity index (χ2n) is 5.49. The summed E-state index contributed by atoms with van der Waals surface area (Å²) in [7, 11) is 0. The molecule has 0 N–H and O–H groups in total. The Morgan fingerprint density at radius 3 is 2.67 bits per heavy atom. The molecule has 0 amide bonds. The Balaban J connectivity index is 1.67. The number of rotatable bonds is 3. The maximum Gasteiger partial charge on any atom is 0.133 e. The molecule has 1 aliphatic carbocycles. The highest BCUT2D eigenvalue weighted by Gasteiger charge is 2.27. The standard InChI is InChI=1S/C17H14ClN3/c18-16-10-14(20-17(21-16)12-5-6-12)9-13-8-7-11-3-1-2-4-15(11)19-13/h1-4,7-8,10,12H,5-6,9H2. The molecule has 0 aliphatic heterocycles. The Morgan fingerprint density at radius 2 is 1.81 bits per heavy atom. The number of pyridine rings is 1. The van der Waals surface area contributed by atoms with E-state index in [1.54, 1.807) is 0 Å². The molecule has 1 saturated carbocycles. The van der Waals surface area contributed by atoms with Gasteiger partial charge in [0, 0.05) is 23.4 Å². The van der Waals surface area contributed by atoms with E-state index in [0.717, 1.165) is 28.1 Å². The van der Waals surface area contributed by atoms with E-state index >= 15 is 0 Å². The SMILES string of the molecule is Clc1cc(Cc2ccc3ccccc3n2)nc(C2CC2)n1. The number of fused-ring (bicyclic) bond motifs is 1. The van der Waals surface area contributed by atoms with E-state index in [-0.39, 0.29) is 0 Å². The predicted molar refractivity (Wildman–Crippen MR) is 83.6 cm³/mol. The quantitative estimate of drug-likeness (QED) is 0.681. The van der Waals surface area contributed by atoms with Crippen molar-refractivity contribution in [2.45, 2.75) is 25.2 Å². The molecule has 1 fully saturated rings. The largest absolute Gasteiger partial charge is 0.252 e. The van der Waals surface area contributed by atoms with Crippen LogP contribution in [0.4, 0.5) is 0 Å². The molecule has 4 rings (SSSR count). The maximum atomic E-state index is 6.11. The van der Waals surface area contributed by atoms with Gasteiger partial charge in [-0.1, -0.05) is 35.9 Å². The van der Waals surface area contributed by atoms with E-state index in [4.69, 9.17) is 11.6 Å². The number of hydrogen-bond donors (Lipinski definition) is 0. The van der Waals surface area contributed by atoms with Crippen LogP contribution in [-0.2, 0) is 6.42 Å². The zero-order valence-corrected chi connectivity index (χ0v) is 12.2. The van der Waals surface area contributed by atoms with Crippen molar-refractivity contribution in [1.82, 2.24) is 15.0 Å². The molecule has 21 heavy (non-hydrogen) atoms. The number of para-hydroxylation sites is 1. The van der Waals surface area contributed by atoms with Crippen LogP contribution in [0.15, 0.2) is 42.5 Å². The fourth-order valence-corrected chi connectivity index (χ4v) is 2.70. The van der Waals surface area contributed by atoms with Crippen LogP contribution in [0.2, 0.25) is 5.15 Å². The molecule has 4 heteroatoms. The van der Waals surface area contributed by atoms with Crippen molar-refractivity contribution < 1.29 is 0 Å². The van der Waals surface area contributed by atoms with Crippen molar-refractivity contribution in [3.8, 4) is 0 Å². The molecule has 0 unspecified atom stereocenters. The molecule has 3 nitrogen and oxygen atoms in total. The van der Waals surface area contributed by atoms with Crippen LogP contribution < -0.4 is 0 Å². The van der Waals surface area contributed by atoms with E-state index in [2.05, 4.69) is 33.2 Å². The summed E-state index contributed by atoms with van der Waals surface area (Å²) in [5.74, 6) is 1.39. The number of benzene rings is 1. The number of aromatic nitrogens is 3. The van der Waals surface area contributed by atoms with E-state index in [9.17, 15) is 0 Å². The third-order valence-corrected chi connectivity index (χ3v) is 3.92. The first-order valence-corrected chi connectivity index (χ1v) is 7.54. The highest BCUT2D eigenvalue weighted by molar-refractivity contribution is 6.29. The molecule has 2 heterocycles. The molecule has 1 aromatic carbocycles. The molecule has 1 aliphatic rings. The lowest BCUT2D eigenvalue weighted by Gasteiger charge is -2.05. The van der Waals surface area contributed by atoms with Gasteiger partial charge in [-0.2, -0.15) is 0 Å². The van der Waals surface area contributed by atoms with Crippen molar-refractivity contribution in [1.29, 1.82) is 0 Å². The zero-order valence-electron chi connectivity index (χ0n) is 11.5. The molecule has 0 atom stereocenters. The minimum absolute atomic E-state index is 0.506. The Morgan fingerprint density at radius 1 is 0.952 bits per heavy atom. The van der Waals surface area contributed by atoms with Crippen LogP contribution in [0.3, 0.4) is 0 Å². The van der Waals surface area contributed by atoms with Gasteiger partial charge in [0.15, 0.2) is 0 Å². The summed E-state index contributed by atoms with van der Waals surface area (Å²) in [6.45, 7) is 0. The van der Waals surface area contributed by atoms with Crippen molar-refractivity contribution in [2.75, 3.05) is 0 Å². The van der Waals surface area contributed by atoms with E-state index in [1.165, 1.54) is 12.8 Å². The first kappa shape index (κ1) is 12.7. The molecule has 0 radical (unpaired) electrons. The van der Waals surface area contributed by atoms with Crippen LogP contribution in [-0.4, -0.2) is 15.0 Å². The Bertz CT molecular complexity index is 812. The van der Waals surface area contributed by atoms with E-state index in [1.807, 2.05) is 24.3 Å². The van der Waals surface area contributed by atoms with Crippen LogP contribution in [0.1, 0.15) is 36.0 Å². The number of hydrogen-bond acceptors (Lipinski definition) is 3. The summed E-state index contributed by atoms with van der Waals surface area (Å²) in [4.78, 5) is 13.6. The monoisotopic (exact) mass is 295 g/mol. The molecule has 0 saturated heterocycles. The first-order chi connectivity index (χ1) is 10.3. The summed E-state index contributed by atoms with van der Waals surface area (Å²) in [5, 5.41) is 1.68. The van der Waals surface area contributed by atoms with Crippen LogP contribution in [0.25, 0.3) is 10.9 Å². The summed E-state index contributed by atoms with van der Waals surface area (Å²) in [6.07, 6.45) is 3.04. The predicted octanol–water partition coefficient (Wildman–Crippen LogP) is 4.15. The maximum absolute atomic E-state index is 6.11. The molecule has 0 spiro atoms. The summed E-state index contributed by atoms with van der Waals surface area (Å²) >= 11 is 6.11. The third kappa shape index (κ3) is 2.74. The third-order valence-electron chi connectivity index (χ3n) is 3.73. The topological polar surface area (TPSA) is 38.7 Å². The second kappa shape index (κ2) is 5.08. The average molecular weight is 296 g/mol. The van der Waals surface area contributed by atoms with Gasteiger partial charge in [0.25, 0.3) is 0 Å². The van der Waals surface area contributed by atoms with Crippen LogP contribution in [0.5, 0.6) is 0 Å². The van der Waals surface area contributed by atoms with Gasteiger partial charge in [0.05, 0.1) is 11.2 Å². The normalized spacial score (nSPS) is 14.5. The molecule has 2 aromatic heterocycles.